The molecule has 3 fully saturated rings. The van der Waals surface area contributed by atoms with Crippen LogP contribution >= 0.6 is 0 Å². The third-order valence-corrected chi connectivity index (χ3v) is 19.7. The van der Waals surface area contributed by atoms with Gasteiger partial charge in [-0.2, -0.15) is 0 Å². The molecule has 13 atom stereocenters. The van der Waals surface area contributed by atoms with E-state index in [0.717, 1.165) is 41.3 Å². The van der Waals surface area contributed by atoms with Crippen LogP contribution in [0.1, 0.15) is 205 Å². The number of aromatic amines is 1. The van der Waals surface area contributed by atoms with Crippen molar-refractivity contribution >= 4 is 82.0 Å². The number of benzene rings is 2. The second kappa shape index (κ2) is 43.5. The molecule has 28 heteroatoms. The van der Waals surface area contributed by atoms with Gasteiger partial charge in [0, 0.05) is 129 Å². The molecule has 0 saturated heterocycles. The average Bonchev–Trinajstić information content (AvgIpc) is 1.78. The van der Waals surface area contributed by atoms with Crippen LogP contribution < -0.4 is 65.1 Å². The molecule has 3 aromatic rings. The highest BCUT2D eigenvalue weighted by atomic mass is 16.4. The van der Waals surface area contributed by atoms with E-state index < -0.39 is 132 Å². The van der Waals surface area contributed by atoms with Crippen molar-refractivity contribution in [1.82, 2.24) is 52.8 Å². The smallest absolute Gasteiger partial charge is 0.305 e. The van der Waals surface area contributed by atoms with E-state index in [1.54, 1.807) is 0 Å². The number of carbonyl (C=O) groups is 12. The standard InChI is InChI=1S/C74H113N13O15/c1-45(2)34-52(82-72(100)56-21-7-11-25-60(56)85-63(88)37-48(77)18-14-32-75)40-64(89)80-50(28-30-69(94)95)39-68(93)87-62-27-13-9-23-58(62)74(102)84-54(36-47-44-78-59-24-10-6-20-55(47)59)42-66(91)79-49(19-15-33-76)38-67(92)86-61-26-12-8-22-57(61)73(101)83-53(35-46-16-4-3-5-17-46)41-65(90)81-51(43-71(98)99)29-31-70(96)97/h3-6,10,16-17,20,24,44-45,48-54,56-58,60-62,78H,7-9,11-15,18-19,21-23,25-43,75-77H2,1-2H3,(H,79,91)(H,80,89)(H,81,90)(H,82,100)(H,83,101)(H,84,102)(H,85,88)(H,86,92)(H,87,93)(H,94,95)(H,96,97)(H,98,99)/t48-,49-,50-,51-,52-,53-,54-,56-,57-,58-,60?,61-,62-/m0/s1. The maximum atomic E-state index is 14.8. The molecule has 19 N–H and O–H groups in total. The van der Waals surface area contributed by atoms with E-state index in [1.807, 2.05) is 74.6 Å². The second-order valence-electron chi connectivity index (χ2n) is 28.8. The van der Waals surface area contributed by atoms with Gasteiger partial charge in [0.05, 0.1) is 24.2 Å². The lowest BCUT2D eigenvalue weighted by molar-refractivity contribution is -0.140. The molecule has 564 valence electrons. The number of H-pyrrole nitrogens is 1. The monoisotopic (exact) mass is 1420 g/mol. The van der Waals surface area contributed by atoms with Gasteiger partial charge in [0.15, 0.2) is 0 Å². The number of carboxylic acids is 3. The zero-order valence-electron chi connectivity index (χ0n) is 59.5. The fourth-order valence-electron chi connectivity index (χ4n) is 14.7. The van der Waals surface area contributed by atoms with Gasteiger partial charge in [-0.3, -0.25) is 57.5 Å². The third-order valence-electron chi connectivity index (χ3n) is 19.7. The third kappa shape index (κ3) is 29.8. The highest BCUT2D eigenvalue weighted by Gasteiger charge is 2.38. The summed E-state index contributed by atoms with van der Waals surface area (Å²) in [5.74, 6) is -9.12. The van der Waals surface area contributed by atoms with Crippen molar-refractivity contribution in [3.05, 3.63) is 71.9 Å². The van der Waals surface area contributed by atoms with Crippen LogP contribution in [0.5, 0.6) is 0 Å². The molecule has 28 nitrogen and oxygen atoms in total. The molecule has 0 radical (unpaired) electrons. The predicted molar refractivity (Wildman–Crippen MR) is 383 cm³/mol. The van der Waals surface area contributed by atoms with E-state index in [9.17, 15) is 72.9 Å². The van der Waals surface area contributed by atoms with Crippen molar-refractivity contribution in [2.45, 2.75) is 267 Å². The number of aliphatic carboxylic acids is 3. The minimum absolute atomic E-state index is 0.0645. The summed E-state index contributed by atoms with van der Waals surface area (Å²) in [6.45, 7) is 4.65. The predicted octanol–water partition coefficient (Wildman–Crippen LogP) is 4.28. The van der Waals surface area contributed by atoms with Gasteiger partial charge in [-0.05, 0) is 133 Å². The molecule has 1 unspecified atom stereocenters. The number of nitrogens with two attached hydrogens (primary N) is 3. The molecule has 3 saturated carbocycles. The summed E-state index contributed by atoms with van der Waals surface area (Å²) in [6, 6.07) is 10.0. The molecular weight excluding hydrogens is 1310 g/mol. The highest BCUT2D eigenvalue weighted by Crippen LogP contribution is 2.30. The second-order valence-corrected chi connectivity index (χ2v) is 28.8. The molecule has 3 aliphatic carbocycles. The molecule has 3 aliphatic rings. The van der Waals surface area contributed by atoms with Crippen molar-refractivity contribution in [3.8, 4) is 0 Å². The highest BCUT2D eigenvalue weighted by molar-refractivity contribution is 5.88. The Morgan fingerprint density at radius 3 is 1.31 bits per heavy atom. The number of hydrogen-bond acceptors (Lipinski definition) is 15. The van der Waals surface area contributed by atoms with Gasteiger partial charge < -0.3 is 85.4 Å². The summed E-state index contributed by atoms with van der Waals surface area (Å²) in [5, 5.41) is 56.3. The summed E-state index contributed by atoms with van der Waals surface area (Å²) >= 11 is 0. The zero-order valence-corrected chi connectivity index (χ0v) is 59.5. The van der Waals surface area contributed by atoms with Crippen molar-refractivity contribution < 1.29 is 72.9 Å². The van der Waals surface area contributed by atoms with Gasteiger partial charge in [-0.25, -0.2) is 0 Å². The quantitative estimate of drug-likeness (QED) is 0.0375. The first-order valence-corrected chi connectivity index (χ1v) is 36.9. The Kier molecular flexibility index (Phi) is 35.1. The number of nitrogens with one attached hydrogen (secondary N) is 10. The van der Waals surface area contributed by atoms with Crippen LogP contribution in [-0.2, 0) is 70.4 Å². The number of rotatable bonds is 44. The van der Waals surface area contributed by atoms with Crippen LogP contribution in [0.25, 0.3) is 10.9 Å². The fourth-order valence-corrected chi connectivity index (χ4v) is 14.7. The van der Waals surface area contributed by atoms with Gasteiger partial charge in [0.1, 0.15) is 0 Å². The largest absolute Gasteiger partial charge is 0.481 e. The molecule has 1 aromatic heterocycles. The van der Waals surface area contributed by atoms with Crippen molar-refractivity contribution in [2.75, 3.05) is 13.1 Å². The van der Waals surface area contributed by atoms with E-state index in [2.05, 4.69) is 52.8 Å². The van der Waals surface area contributed by atoms with E-state index in [4.69, 9.17) is 17.2 Å². The Labute approximate surface area is 598 Å². The molecule has 0 aliphatic heterocycles. The number of hydrogen-bond donors (Lipinski definition) is 16. The minimum Gasteiger partial charge on any atom is -0.481 e. The number of para-hydroxylation sites is 1. The first kappa shape index (κ1) is 82.5. The van der Waals surface area contributed by atoms with Gasteiger partial charge in [0.2, 0.25) is 53.2 Å². The van der Waals surface area contributed by atoms with Gasteiger partial charge in [-0.15, -0.1) is 0 Å². The minimum atomic E-state index is -1.21. The van der Waals surface area contributed by atoms with Crippen LogP contribution in [0, 0.1) is 23.7 Å². The molecule has 6 rings (SSSR count). The maximum Gasteiger partial charge on any atom is 0.305 e. The summed E-state index contributed by atoms with van der Waals surface area (Å²) < 4.78 is 0. The summed E-state index contributed by atoms with van der Waals surface area (Å²) in [7, 11) is 0. The maximum absolute atomic E-state index is 14.8. The SMILES string of the molecule is CC(C)C[C@@H](CC(=O)N[C@@H](CCC(=O)O)CC(=O)N[C@H]1CCCC[C@@H]1C(=O)N[C@H](CC(=O)N[C@@H](CCCN)CC(=O)N[C@H]1CCCC[C@@H]1C(=O)N[C@H](CC(=O)N[C@@H](CCC(=O)O)CC(=O)O)Cc1ccccc1)Cc1c[nH]c2ccccc12)NC(=O)[C@H]1CCCCC1NC(=O)C[C@@H](N)CCCN. The molecule has 0 bridgehead atoms. The molecule has 2 aromatic carbocycles. The van der Waals surface area contributed by atoms with E-state index >= 15 is 0 Å². The Hall–Kier alpha value is -8.50. The van der Waals surface area contributed by atoms with Crippen LogP contribution in [0.15, 0.2) is 60.8 Å². The van der Waals surface area contributed by atoms with Crippen molar-refractivity contribution in [3.63, 3.8) is 0 Å². The van der Waals surface area contributed by atoms with Gasteiger partial charge in [-0.1, -0.05) is 101 Å². The van der Waals surface area contributed by atoms with Gasteiger partial charge in [0.25, 0.3) is 0 Å². The molecule has 102 heavy (non-hydrogen) atoms. The zero-order chi connectivity index (χ0) is 74.1. The lowest BCUT2D eigenvalue weighted by atomic mass is 9.83. The normalized spacial score (nSPS) is 20.3. The van der Waals surface area contributed by atoms with Gasteiger partial charge >= 0.3 is 17.9 Å². The lowest BCUT2D eigenvalue weighted by Gasteiger charge is -2.33. The number of aromatic nitrogens is 1. The number of fused-ring (bicyclic) bond motifs is 1. The van der Waals surface area contributed by atoms with Crippen molar-refractivity contribution in [1.29, 1.82) is 0 Å². The van der Waals surface area contributed by atoms with E-state index in [0.29, 0.717) is 96.4 Å². The van der Waals surface area contributed by atoms with E-state index in [1.165, 1.54) is 0 Å². The number of carbonyl (C=O) groups excluding carboxylic acids is 9. The van der Waals surface area contributed by atoms with Crippen LogP contribution in [0.4, 0.5) is 0 Å². The average molecular weight is 1420 g/mol. The number of amides is 9. The topological polar surface area (TPSA) is 468 Å². The van der Waals surface area contributed by atoms with Crippen molar-refractivity contribution in [2.24, 2.45) is 40.9 Å². The Bertz CT molecular complexity index is 3240. The molecule has 1 heterocycles. The summed E-state index contributed by atoms with van der Waals surface area (Å²) in [6.07, 6.45) is 9.77. The van der Waals surface area contributed by atoms with Crippen LogP contribution in [-0.4, -0.2) is 165 Å². The number of carboxylic acid groups (broad SMARTS) is 3. The molecular formula is C74H113N13O15. The first-order chi connectivity index (χ1) is 48.8. The Morgan fingerprint density at radius 1 is 0.441 bits per heavy atom. The molecule has 0 spiro atoms. The first-order valence-electron chi connectivity index (χ1n) is 36.9. The van der Waals surface area contributed by atoms with Crippen LogP contribution in [0.3, 0.4) is 0 Å². The summed E-state index contributed by atoms with van der Waals surface area (Å²) in [4.78, 5) is 164. The Balaban J connectivity index is 1.09. The van der Waals surface area contributed by atoms with E-state index in [-0.39, 0.29) is 113 Å². The Morgan fingerprint density at radius 2 is 0.843 bits per heavy atom. The lowest BCUT2D eigenvalue weighted by Crippen LogP contribution is -2.53. The summed E-state index contributed by atoms with van der Waals surface area (Å²) in [5.41, 5.74) is 20.3. The van der Waals surface area contributed by atoms with Crippen LogP contribution in [0.2, 0.25) is 0 Å². The molecule has 9 amide bonds. The fraction of sp³-hybridized carbons (Fsp3) is 0.649.